The van der Waals surface area contributed by atoms with Crippen molar-refractivity contribution < 1.29 is 9.32 Å². The van der Waals surface area contributed by atoms with Crippen molar-refractivity contribution in [3.63, 3.8) is 0 Å². The predicted octanol–water partition coefficient (Wildman–Crippen LogP) is 1.68. The molecule has 1 aromatic rings. The lowest BCUT2D eigenvalue weighted by Gasteiger charge is -2.37. The summed E-state index contributed by atoms with van der Waals surface area (Å²) in [6, 6.07) is 2.47. The molecule has 1 aliphatic carbocycles. The van der Waals surface area contributed by atoms with Crippen LogP contribution in [0, 0.1) is 6.92 Å². The Balaban J connectivity index is 1.56. The highest BCUT2D eigenvalue weighted by atomic mass is 16.5. The summed E-state index contributed by atoms with van der Waals surface area (Å²) in [6.07, 6.45) is 5.39. The molecule has 1 saturated heterocycles. The van der Waals surface area contributed by atoms with Gasteiger partial charge in [-0.3, -0.25) is 9.69 Å². The average Bonchev–Trinajstić information content (AvgIpc) is 3.09. The number of hydrogen-bond acceptors (Lipinski definition) is 4. The van der Waals surface area contributed by atoms with Gasteiger partial charge in [0.1, 0.15) is 5.76 Å². The Bertz CT molecular complexity index is 443. The van der Waals surface area contributed by atoms with Crippen molar-refractivity contribution in [2.24, 2.45) is 0 Å². The molecule has 5 nitrogen and oxygen atoms in total. The summed E-state index contributed by atoms with van der Waals surface area (Å²) in [4.78, 5) is 16.7. The van der Waals surface area contributed by atoms with Crippen LogP contribution in [0.3, 0.4) is 0 Å². The van der Waals surface area contributed by atoms with E-state index in [-0.39, 0.29) is 5.91 Å². The van der Waals surface area contributed by atoms with Gasteiger partial charge in [0.25, 0.3) is 5.91 Å². The Morgan fingerprint density at radius 2 is 1.95 bits per heavy atom. The van der Waals surface area contributed by atoms with Crippen LogP contribution in [0.4, 0.5) is 0 Å². The van der Waals surface area contributed by atoms with Gasteiger partial charge in [0.05, 0.1) is 0 Å². The third kappa shape index (κ3) is 2.66. The minimum absolute atomic E-state index is 0.00271. The number of aryl methyl sites for hydroxylation is 1. The fraction of sp³-hybridized carbons (Fsp3) is 0.714. The van der Waals surface area contributed by atoms with Gasteiger partial charge in [-0.1, -0.05) is 18.0 Å². The minimum Gasteiger partial charge on any atom is -0.361 e. The highest BCUT2D eigenvalue weighted by Crippen LogP contribution is 2.24. The highest BCUT2D eigenvalue weighted by molar-refractivity contribution is 5.92. The molecule has 1 aromatic heterocycles. The molecule has 0 atom stereocenters. The van der Waals surface area contributed by atoms with E-state index in [2.05, 4.69) is 10.1 Å². The third-order valence-electron chi connectivity index (χ3n) is 4.29. The van der Waals surface area contributed by atoms with E-state index < -0.39 is 0 Å². The molecule has 2 heterocycles. The first-order valence-electron chi connectivity index (χ1n) is 7.20. The van der Waals surface area contributed by atoms with Crippen LogP contribution < -0.4 is 0 Å². The standard InChI is InChI=1S/C14H21N3O2/c1-11-10-13(15-19-11)14(18)17-8-6-16(7-9-17)12-4-2-3-5-12/h10,12H,2-9H2,1H3. The van der Waals surface area contributed by atoms with E-state index in [0.717, 1.165) is 32.2 Å². The fourth-order valence-electron chi connectivity index (χ4n) is 3.19. The largest absolute Gasteiger partial charge is 0.361 e. The van der Waals surface area contributed by atoms with Crippen LogP contribution in [0.15, 0.2) is 10.6 Å². The van der Waals surface area contributed by atoms with E-state index in [4.69, 9.17) is 4.52 Å². The van der Waals surface area contributed by atoms with Crippen molar-refractivity contribution in [2.75, 3.05) is 26.2 Å². The Morgan fingerprint density at radius 3 is 2.53 bits per heavy atom. The summed E-state index contributed by atoms with van der Waals surface area (Å²) >= 11 is 0. The van der Waals surface area contributed by atoms with Crippen LogP contribution in [0.5, 0.6) is 0 Å². The number of aromatic nitrogens is 1. The Hall–Kier alpha value is -1.36. The van der Waals surface area contributed by atoms with Crippen molar-refractivity contribution in [2.45, 2.75) is 38.6 Å². The number of hydrogen-bond donors (Lipinski definition) is 0. The predicted molar refractivity (Wildman–Crippen MR) is 71.0 cm³/mol. The first kappa shape index (κ1) is 12.7. The maximum absolute atomic E-state index is 12.2. The molecule has 5 heteroatoms. The average molecular weight is 263 g/mol. The van der Waals surface area contributed by atoms with E-state index in [0.29, 0.717) is 11.5 Å². The second-order valence-corrected chi connectivity index (χ2v) is 5.59. The topological polar surface area (TPSA) is 49.6 Å². The van der Waals surface area contributed by atoms with Crippen LogP contribution in [-0.4, -0.2) is 53.1 Å². The second-order valence-electron chi connectivity index (χ2n) is 5.59. The molecule has 0 aromatic carbocycles. The molecule has 3 rings (SSSR count). The number of carbonyl (C=O) groups excluding carboxylic acids is 1. The van der Waals surface area contributed by atoms with Crippen LogP contribution in [-0.2, 0) is 0 Å². The van der Waals surface area contributed by atoms with Crippen LogP contribution in [0.2, 0.25) is 0 Å². The zero-order chi connectivity index (χ0) is 13.2. The van der Waals surface area contributed by atoms with Crippen molar-refractivity contribution >= 4 is 5.91 Å². The number of piperazine rings is 1. The zero-order valence-electron chi connectivity index (χ0n) is 11.5. The van der Waals surface area contributed by atoms with E-state index in [1.54, 1.807) is 6.07 Å². The lowest BCUT2D eigenvalue weighted by Crippen LogP contribution is -2.51. The number of amides is 1. The monoisotopic (exact) mass is 263 g/mol. The molecule has 2 fully saturated rings. The molecule has 1 saturated carbocycles. The Kier molecular flexibility index (Phi) is 3.55. The van der Waals surface area contributed by atoms with Crippen LogP contribution in [0.1, 0.15) is 41.9 Å². The molecule has 0 spiro atoms. The van der Waals surface area contributed by atoms with Gasteiger partial charge in [0.15, 0.2) is 5.69 Å². The molecule has 2 aliphatic rings. The summed E-state index contributed by atoms with van der Waals surface area (Å²) in [5, 5.41) is 3.81. The number of rotatable bonds is 2. The molecular formula is C14H21N3O2. The summed E-state index contributed by atoms with van der Waals surface area (Å²) in [5.41, 5.74) is 0.437. The van der Waals surface area contributed by atoms with Gasteiger partial charge in [-0.15, -0.1) is 0 Å². The molecular weight excluding hydrogens is 242 g/mol. The number of carbonyl (C=O) groups is 1. The Labute approximate surface area is 113 Å². The van der Waals surface area contributed by atoms with Crippen molar-refractivity contribution in [1.82, 2.24) is 15.0 Å². The first-order chi connectivity index (χ1) is 9.24. The fourth-order valence-corrected chi connectivity index (χ4v) is 3.19. The Morgan fingerprint density at radius 1 is 1.26 bits per heavy atom. The summed E-state index contributed by atoms with van der Waals surface area (Å²) < 4.78 is 4.97. The number of nitrogens with zero attached hydrogens (tertiary/aromatic N) is 3. The smallest absolute Gasteiger partial charge is 0.276 e. The normalized spacial score (nSPS) is 22.1. The molecule has 0 radical (unpaired) electrons. The quantitative estimate of drug-likeness (QED) is 0.814. The third-order valence-corrected chi connectivity index (χ3v) is 4.29. The summed E-state index contributed by atoms with van der Waals surface area (Å²) in [6.45, 7) is 5.41. The molecule has 0 N–H and O–H groups in total. The van der Waals surface area contributed by atoms with E-state index >= 15 is 0 Å². The zero-order valence-corrected chi connectivity index (χ0v) is 11.5. The molecule has 104 valence electrons. The highest BCUT2D eigenvalue weighted by Gasteiger charge is 2.29. The lowest BCUT2D eigenvalue weighted by atomic mass is 10.1. The van der Waals surface area contributed by atoms with Gasteiger partial charge < -0.3 is 9.42 Å². The summed E-state index contributed by atoms with van der Waals surface area (Å²) in [5.74, 6) is 0.691. The molecule has 1 amide bonds. The van der Waals surface area contributed by atoms with Crippen molar-refractivity contribution in [3.05, 3.63) is 17.5 Å². The maximum Gasteiger partial charge on any atom is 0.276 e. The van der Waals surface area contributed by atoms with Crippen molar-refractivity contribution in [1.29, 1.82) is 0 Å². The molecule has 19 heavy (non-hydrogen) atoms. The van der Waals surface area contributed by atoms with E-state index in [9.17, 15) is 4.79 Å². The van der Waals surface area contributed by atoms with E-state index in [1.807, 2.05) is 11.8 Å². The van der Waals surface area contributed by atoms with Gasteiger partial charge in [-0.05, 0) is 19.8 Å². The summed E-state index contributed by atoms with van der Waals surface area (Å²) in [7, 11) is 0. The van der Waals surface area contributed by atoms with Crippen LogP contribution >= 0.6 is 0 Å². The maximum atomic E-state index is 12.2. The second kappa shape index (κ2) is 5.33. The lowest BCUT2D eigenvalue weighted by molar-refractivity contribution is 0.0564. The van der Waals surface area contributed by atoms with E-state index in [1.165, 1.54) is 25.7 Å². The van der Waals surface area contributed by atoms with Gasteiger partial charge >= 0.3 is 0 Å². The van der Waals surface area contributed by atoms with Gasteiger partial charge in [0, 0.05) is 38.3 Å². The van der Waals surface area contributed by atoms with Gasteiger partial charge in [-0.25, -0.2) is 0 Å². The molecule has 0 bridgehead atoms. The van der Waals surface area contributed by atoms with Gasteiger partial charge in [0.2, 0.25) is 0 Å². The van der Waals surface area contributed by atoms with Gasteiger partial charge in [-0.2, -0.15) is 0 Å². The van der Waals surface area contributed by atoms with Crippen LogP contribution in [0.25, 0.3) is 0 Å². The minimum atomic E-state index is 0.00271. The molecule has 1 aliphatic heterocycles. The first-order valence-corrected chi connectivity index (χ1v) is 7.20. The molecule has 0 unspecified atom stereocenters. The van der Waals surface area contributed by atoms with Crippen molar-refractivity contribution in [3.8, 4) is 0 Å². The SMILES string of the molecule is Cc1cc(C(=O)N2CCN(C3CCCC3)CC2)no1.